The second kappa shape index (κ2) is 8.91. The number of benzene rings is 1. The molecule has 0 aliphatic carbocycles. The number of sulfone groups is 1. The van der Waals surface area contributed by atoms with E-state index in [0.717, 1.165) is 43.2 Å². The summed E-state index contributed by atoms with van der Waals surface area (Å²) in [4.78, 5) is 25.0. The van der Waals surface area contributed by atoms with Crippen LogP contribution < -0.4 is 0 Å². The van der Waals surface area contributed by atoms with Gasteiger partial charge in [0.15, 0.2) is 16.4 Å². The summed E-state index contributed by atoms with van der Waals surface area (Å²) in [6.45, 7) is 4.74. The lowest BCUT2D eigenvalue weighted by atomic mass is 10.1. The van der Waals surface area contributed by atoms with Gasteiger partial charge in [-0.05, 0) is 51.0 Å². The Morgan fingerprint density at radius 3 is 2.60 bits per heavy atom. The van der Waals surface area contributed by atoms with E-state index in [1.54, 1.807) is 6.07 Å². The van der Waals surface area contributed by atoms with Crippen LogP contribution in [0.2, 0.25) is 5.02 Å². The smallest absolute Gasteiger partial charge is 0.340 e. The van der Waals surface area contributed by atoms with Gasteiger partial charge in [-0.15, -0.1) is 0 Å². The zero-order valence-corrected chi connectivity index (χ0v) is 18.7. The highest BCUT2D eigenvalue weighted by Crippen LogP contribution is 2.23. The fraction of sp³-hybridized carbons (Fsp3) is 0.429. The largest absolute Gasteiger partial charge is 0.454 e. The molecule has 0 spiro atoms. The van der Waals surface area contributed by atoms with Gasteiger partial charge in [-0.25, -0.2) is 13.2 Å². The Balaban J connectivity index is 1.71. The van der Waals surface area contributed by atoms with E-state index in [0.29, 0.717) is 12.1 Å². The van der Waals surface area contributed by atoms with E-state index < -0.39 is 22.4 Å². The van der Waals surface area contributed by atoms with Gasteiger partial charge >= 0.3 is 5.97 Å². The number of aromatic nitrogens is 1. The predicted octanol–water partition coefficient (Wildman–Crippen LogP) is 3.38. The van der Waals surface area contributed by atoms with Crippen molar-refractivity contribution in [3.05, 3.63) is 51.8 Å². The minimum absolute atomic E-state index is 0.0505. The molecule has 2 aromatic rings. The third-order valence-corrected chi connectivity index (χ3v) is 6.64. The van der Waals surface area contributed by atoms with E-state index in [9.17, 15) is 18.0 Å². The summed E-state index contributed by atoms with van der Waals surface area (Å²) in [5.41, 5.74) is 2.10. The standard InChI is InChI=1S/C21H24ClNO6S/c1-13-9-17(14(2)23(13)11-15-5-4-8-28-15)20(24)12-29-21(25)18-10-16(30(3,26)27)6-7-19(18)22/h6-7,9-10,15H,4-5,8,11-12H2,1-3H3/t15-/m1/s1. The number of ether oxygens (including phenoxy) is 2. The van der Waals surface area contributed by atoms with Crippen LogP contribution >= 0.6 is 11.6 Å². The molecule has 1 aromatic heterocycles. The molecule has 0 saturated carbocycles. The van der Waals surface area contributed by atoms with Gasteiger partial charge in [0.2, 0.25) is 5.78 Å². The zero-order chi connectivity index (χ0) is 22.1. The maximum atomic E-state index is 12.7. The maximum absolute atomic E-state index is 12.7. The van der Waals surface area contributed by atoms with Gasteiger partial charge in [-0.3, -0.25) is 4.79 Å². The number of halogens is 1. The van der Waals surface area contributed by atoms with Crippen molar-refractivity contribution >= 4 is 33.2 Å². The van der Waals surface area contributed by atoms with Crippen LogP contribution in [0.1, 0.15) is 44.9 Å². The molecular weight excluding hydrogens is 430 g/mol. The fourth-order valence-electron chi connectivity index (χ4n) is 3.53. The predicted molar refractivity (Wildman–Crippen MR) is 112 cm³/mol. The maximum Gasteiger partial charge on any atom is 0.340 e. The Hall–Kier alpha value is -2.16. The second-order valence-corrected chi connectivity index (χ2v) is 9.87. The molecule has 1 aliphatic rings. The van der Waals surface area contributed by atoms with E-state index in [-0.39, 0.29) is 27.4 Å². The summed E-state index contributed by atoms with van der Waals surface area (Å²) in [6.07, 6.45) is 3.20. The molecule has 1 atom stereocenters. The monoisotopic (exact) mass is 453 g/mol. The van der Waals surface area contributed by atoms with Crippen LogP contribution in [0.4, 0.5) is 0 Å². The van der Waals surface area contributed by atoms with Crippen LogP contribution in [0.25, 0.3) is 0 Å². The Morgan fingerprint density at radius 1 is 1.23 bits per heavy atom. The molecule has 1 aromatic carbocycles. The first-order valence-corrected chi connectivity index (χ1v) is 11.8. The summed E-state index contributed by atoms with van der Waals surface area (Å²) in [6, 6.07) is 5.55. The third kappa shape index (κ3) is 4.94. The molecule has 0 unspecified atom stereocenters. The highest BCUT2D eigenvalue weighted by molar-refractivity contribution is 7.90. The minimum atomic E-state index is -3.51. The van der Waals surface area contributed by atoms with E-state index in [1.807, 2.05) is 18.4 Å². The van der Waals surface area contributed by atoms with Crippen LogP contribution in [-0.2, 0) is 25.9 Å². The topological polar surface area (TPSA) is 91.7 Å². The Bertz CT molecular complexity index is 1080. The zero-order valence-electron chi connectivity index (χ0n) is 17.1. The van der Waals surface area contributed by atoms with E-state index in [2.05, 4.69) is 0 Å². The van der Waals surface area contributed by atoms with Crippen LogP contribution in [-0.4, -0.2) is 50.3 Å². The van der Waals surface area contributed by atoms with Gasteiger partial charge in [0.05, 0.1) is 21.6 Å². The van der Waals surface area contributed by atoms with Crippen LogP contribution in [0.3, 0.4) is 0 Å². The lowest BCUT2D eigenvalue weighted by molar-refractivity contribution is 0.0474. The molecule has 3 rings (SSSR count). The van der Waals surface area contributed by atoms with Gasteiger partial charge in [0.25, 0.3) is 0 Å². The summed E-state index contributed by atoms with van der Waals surface area (Å²) in [5, 5.41) is 0.0505. The molecule has 2 heterocycles. The van der Waals surface area contributed by atoms with E-state index in [4.69, 9.17) is 21.1 Å². The van der Waals surface area contributed by atoms with E-state index in [1.165, 1.54) is 12.1 Å². The highest BCUT2D eigenvalue weighted by Gasteiger charge is 2.23. The molecule has 0 bridgehead atoms. The molecule has 0 N–H and O–H groups in total. The first-order chi connectivity index (χ1) is 14.1. The van der Waals surface area contributed by atoms with Crippen molar-refractivity contribution in [2.75, 3.05) is 19.5 Å². The molecule has 0 radical (unpaired) electrons. The SMILES string of the molecule is Cc1cc(C(=O)COC(=O)c2cc(S(C)(=O)=O)ccc2Cl)c(C)n1C[C@H]1CCCO1. The number of rotatable bonds is 7. The number of carbonyl (C=O) groups excluding carboxylic acids is 2. The Morgan fingerprint density at radius 2 is 1.97 bits per heavy atom. The summed E-state index contributed by atoms with van der Waals surface area (Å²) in [7, 11) is -3.51. The van der Waals surface area contributed by atoms with Gasteiger partial charge in [-0.2, -0.15) is 0 Å². The number of esters is 1. The number of aryl methyl sites for hydroxylation is 1. The molecule has 9 heteroatoms. The lowest BCUT2D eigenvalue weighted by Crippen LogP contribution is -2.18. The van der Waals surface area contributed by atoms with Crippen LogP contribution in [0.15, 0.2) is 29.2 Å². The second-order valence-electron chi connectivity index (χ2n) is 7.44. The first kappa shape index (κ1) is 22.5. The summed E-state index contributed by atoms with van der Waals surface area (Å²) >= 11 is 6.01. The third-order valence-electron chi connectivity index (χ3n) is 5.20. The van der Waals surface area contributed by atoms with Gasteiger partial charge in [0.1, 0.15) is 0 Å². The molecule has 7 nitrogen and oxygen atoms in total. The number of hydrogen-bond acceptors (Lipinski definition) is 6. The number of nitrogens with zero attached hydrogens (tertiary/aromatic N) is 1. The van der Waals surface area contributed by atoms with Crippen molar-refractivity contribution in [3.8, 4) is 0 Å². The molecule has 1 fully saturated rings. The van der Waals surface area contributed by atoms with Crippen molar-refractivity contribution in [3.63, 3.8) is 0 Å². The molecule has 162 valence electrons. The number of hydrogen-bond donors (Lipinski definition) is 0. The molecular formula is C21H24ClNO6S. The van der Waals surface area contributed by atoms with Crippen molar-refractivity contribution in [2.45, 2.75) is 44.2 Å². The van der Waals surface area contributed by atoms with Crippen molar-refractivity contribution < 1.29 is 27.5 Å². The van der Waals surface area contributed by atoms with E-state index >= 15 is 0 Å². The minimum Gasteiger partial charge on any atom is -0.454 e. The van der Waals surface area contributed by atoms with Crippen molar-refractivity contribution in [1.29, 1.82) is 0 Å². The van der Waals surface area contributed by atoms with Crippen molar-refractivity contribution in [2.24, 2.45) is 0 Å². The van der Waals surface area contributed by atoms with Gasteiger partial charge < -0.3 is 14.0 Å². The average molecular weight is 454 g/mol. The fourth-order valence-corrected chi connectivity index (χ4v) is 4.38. The molecule has 0 amide bonds. The molecule has 1 saturated heterocycles. The molecule has 1 aliphatic heterocycles. The highest BCUT2D eigenvalue weighted by atomic mass is 35.5. The average Bonchev–Trinajstić information content (AvgIpc) is 3.29. The quantitative estimate of drug-likeness (QED) is 0.471. The summed E-state index contributed by atoms with van der Waals surface area (Å²) in [5.74, 6) is -1.20. The van der Waals surface area contributed by atoms with Crippen LogP contribution in [0, 0.1) is 13.8 Å². The number of ketones is 1. The van der Waals surface area contributed by atoms with Crippen LogP contribution in [0.5, 0.6) is 0 Å². The number of carbonyl (C=O) groups is 2. The Kier molecular flexibility index (Phi) is 6.69. The normalized spacial score (nSPS) is 16.6. The summed E-state index contributed by atoms with van der Waals surface area (Å²) < 4.78 is 36.3. The van der Waals surface area contributed by atoms with Crippen molar-refractivity contribution in [1.82, 2.24) is 4.57 Å². The van der Waals surface area contributed by atoms with Gasteiger partial charge in [0, 0.05) is 36.4 Å². The van der Waals surface area contributed by atoms with Gasteiger partial charge in [-0.1, -0.05) is 11.6 Å². The first-order valence-electron chi connectivity index (χ1n) is 9.56. The number of Topliss-reactive ketones (excluding diaryl/α,β-unsaturated/α-hetero) is 1. The lowest BCUT2D eigenvalue weighted by Gasteiger charge is -2.14. The molecule has 30 heavy (non-hydrogen) atoms. The Labute approximate surface area is 180 Å².